The quantitative estimate of drug-likeness (QED) is 0.846. The van der Waals surface area contributed by atoms with Crippen LogP contribution in [0.15, 0.2) is 22.7 Å². The number of halogens is 1. The molecular formula is C15H23BrN2O. The maximum Gasteiger partial charge on any atom is 0.0760 e. The maximum absolute atomic E-state index is 6.10. The molecule has 3 nitrogen and oxygen atoms in total. The second-order valence-electron chi connectivity index (χ2n) is 6.66. The zero-order chi connectivity index (χ0) is 14.3. The van der Waals surface area contributed by atoms with Crippen LogP contribution in [-0.2, 0) is 11.3 Å². The van der Waals surface area contributed by atoms with Gasteiger partial charge in [0.1, 0.15) is 0 Å². The van der Waals surface area contributed by atoms with Crippen LogP contribution >= 0.6 is 15.9 Å². The van der Waals surface area contributed by atoms with E-state index in [0.717, 1.165) is 29.8 Å². The van der Waals surface area contributed by atoms with Gasteiger partial charge in [-0.3, -0.25) is 4.90 Å². The van der Waals surface area contributed by atoms with Crippen molar-refractivity contribution in [1.82, 2.24) is 4.90 Å². The molecular weight excluding hydrogens is 304 g/mol. The first-order valence-electron chi connectivity index (χ1n) is 6.63. The first-order chi connectivity index (χ1) is 8.65. The van der Waals surface area contributed by atoms with E-state index in [1.165, 1.54) is 5.56 Å². The van der Waals surface area contributed by atoms with Gasteiger partial charge in [-0.05, 0) is 51.5 Å². The van der Waals surface area contributed by atoms with Crippen LogP contribution in [0.25, 0.3) is 0 Å². The highest BCUT2D eigenvalue weighted by molar-refractivity contribution is 9.10. The van der Waals surface area contributed by atoms with Gasteiger partial charge in [0.25, 0.3) is 0 Å². The Labute approximate surface area is 124 Å². The zero-order valence-electron chi connectivity index (χ0n) is 12.2. The lowest BCUT2D eigenvalue weighted by Crippen LogP contribution is -2.56. The summed E-state index contributed by atoms with van der Waals surface area (Å²) in [6.45, 7) is 11.4. The number of hydrogen-bond acceptors (Lipinski definition) is 3. The molecule has 0 bridgehead atoms. The van der Waals surface area contributed by atoms with Gasteiger partial charge in [0.15, 0.2) is 0 Å². The van der Waals surface area contributed by atoms with E-state index in [1.807, 2.05) is 12.1 Å². The number of rotatable bonds is 2. The molecule has 2 N–H and O–H groups in total. The topological polar surface area (TPSA) is 38.5 Å². The number of nitrogens with zero attached hydrogens (tertiary/aromatic N) is 1. The first kappa shape index (κ1) is 14.8. The molecule has 2 rings (SSSR count). The van der Waals surface area contributed by atoms with Crippen LogP contribution in [0.5, 0.6) is 0 Å². The van der Waals surface area contributed by atoms with E-state index in [1.54, 1.807) is 0 Å². The predicted molar refractivity (Wildman–Crippen MR) is 83.1 cm³/mol. The fraction of sp³-hybridized carbons (Fsp3) is 0.600. The Morgan fingerprint density at radius 2 is 1.74 bits per heavy atom. The van der Waals surface area contributed by atoms with Gasteiger partial charge >= 0.3 is 0 Å². The first-order valence-corrected chi connectivity index (χ1v) is 7.42. The van der Waals surface area contributed by atoms with Gasteiger partial charge < -0.3 is 10.5 Å². The average molecular weight is 327 g/mol. The summed E-state index contributed by atoms with van der Waals surface area (Å²) in [7, 11) is 0. The monoisotopic (exact) mass is 326 g/mol. The Hall–Kier alpha value is -0.580. The fourth-order valence-electron chi connectivity index (χ4n) is 3.08. The molecule has 0 atom stereocenters. The minimum Gasteiger partial charge on any atom is -0.399 e. The average Bonchev–Trinajstić information content (AvgIpc) is 2.08. The third kappa shape index (κ3) is 4.20. The normalized spacial score (nSPS) is 22.4. The molecule has 1 aliphatic rings. The van der Waals surface area contributed by atoms with Gasteiger partial charge in [0.05, 0.1) is 11.2 Å². The maximum atomic E-state index is 6.10. The molecule has 1 aliphatic heterocycles. The standard InChI is InChI=1S/C15H23BrN2O/c1-14(2)9-18(10-15(3,4)19-14)8-11-5-12(16)7-13(17)6-11/h5-7H,8-10,17H2,1-4H3. The molecule has 0 aromatic heterocycles. The Balaban J connectivity index is 2.14. The molecule has 0 spiro atoms. The number of morpholine rings is 1. The van der Waals surface area contributed by atoms with E-state index in [2.05, 4.69) is 54.6 Å². The molecule has 19 heavy (non-hydrogen) atoms. The van der Waals surface area contributed by atoms with Crippen LogP contribution in [0, 0.1) is 0 Å². The van der Waals surface area contributed by atoms with Crippen molar-refractivity contribution in [3.8, 4) is 0 Å². The molecule has 106 valence electrons. The Bertz CT molecular complexity index is 435. The fourth-order valence-corrected chi connectivity index (χ4v) is 3.64. The lowest BCUT2D eigenvalue weighted by atomic mass is 9.98. The number of benzene rings is 1. The van der Waals surface area contributed by atoms with Crippen LogP contribution in [-0.4, -0.2) is 29.2 Å². The van der Waals surface area contributed by atoms with E-state index in [9.17, 15) is 0 Å². The van der Waals surface area contributed by atoms with Crippen LogP contribution < -0.4 is 5.73 Å². The van der Waals surface area contributed by atoms with Crippen molar-refractivity contribution in [2.45, 2.75) is 45.4 Å². The summed E-state index contributed by atoms with van der Waals surface area (Å²) >= 11 is 3.50. The molecule has 0 saturated carbocycles. The Morgan fingerprint density at radius 1 is 1.16 bits per heavy atom. The minimum atomic E-state index is -0.112. The van der Waals surface area contributed by atoms with Crippen molar-refractivity contribution in [2.24, 2.45) is 0 Å². The van der Waals surface area contributed by atoms with Gasteiger partial charge in [-0.25, -0.2) is 0 Å². The van der Waals surface area contributed by atoms with Crippen LogP contribution in [0.1, 0.15) is 33.3 Å². The lowest BCUT2D eigenvalue weighted by molar-refractivity contribution is -0.182. The summed E-state index contributed by atoms with van der Waals surface area (Å²) in [5.74, 6) is 0. The number of nitrogen functional groups attached to an aromatic ring is 1. The van der Waals surface area contributed by atoms with Crippen LogP contribution in [0.4, 0.5) is 5.69 Å². The van der Waals surface area contributed by atoms with E-state index in [0.29, 0.717) is 0 Å². The van der Waals surface area contributed by atoms with Gasteiger partial charge in [0, 0.05) is 29.8 Å². The number of hydrogen-bond donors (Lipinski definition) is 1. The molecule has 0 unspecified atom stereocenters. The van der Waals surface area contributed by atoms with Crippen molar-refractivity contribution >= 4 is 21.6 Å². The number of nitrogens with two attached hydrogens (primary N) is 1. The zero-order valence-corrected chi connectivity index (χ0v) is 13.8. The molecule has 1 aromatic rings. The molecule has 0 amide bonds. The van der Waals surface area contributed by atoms with E-state index >= 15 is 0 Å². The van der Waals surface area contributed by atoms with Crippen molar-refractivity contribution < 1.29 is 4.74 Å². The highest BCUT2D eigenvalue weighted by Crippen LogP contribution is 2.29. The summed E-state index contributed by atoms with van der Waals surface area (Å²) in [6.07, 6.45) is 0. The summed E-state index contributed by atoms with van der Waals surface area (Å²) in [6, 6.07) is 6.10. The molecule has 1 heterocycles. The van der Waals surface area contributed by atoms with Gasteiger partial charge in [-0.15, -0.1) is 0 Å². The van der Waals surface area contributed by atoms with E-state index < -0.39 is 0 Å². The van der Waals surface area contributed by atoms with Crippen molar-refractivity contribution in [2.75, 3.05) is 18.8 Å². The lowest BCUT2D eigenvalue weighted by Gasteiger charge is -2.47. The SMILES string of the molecule is CC1(C)CN(Cc2cc(N)cc(Br)c2)CC(C)(C)O1. The highest BCUT2D eigenvalue weighted by Gasteiger charge is 2.37. The van der Waals surface area contributed by atoms with Crippen LogP contribution in [0.2, 0.25) is 0 Å². The van der Waals surface area contributed by atoms with E-state index in [4.69, 9.17) is 10.5 Å². The van der Waals surface area contributed by atoms with Gasteiger partial charge in [-0.1, -0.05) is 15.9 Å². The Morgan fingerprint density at radius 3 is 2.26 bits per heavy atom. The third-order valence-electron chi connectivity index (χ3n) is 3.15. The second-order valence-corrected chi connectivity index (χ2v) is 7.58. The summed E-state index contributed by atoms with van der Waals surface area (Å²) in [5, 5.41) is 0. The second kappa shape index (κ2) is 5.08. The van der Waals surface area contributed by atoms with Crippen molar-refractivity contribution in [3.63, 3.8) is 0 Å². The van der Waals surface area contributed by atoms with E-state index in [-0.39, 0.29) is 11.2 Å². The molecule has 1 fully saturated rings. The van der Waals surface area contributed by atoms with Crippen molar-refractivity contribution in [1.29, 1.82) is 0 Å². The van der Waals surface area contributed by atoms with Crippen molar-refractivity contribution in [3.05, 3.63) is 28.2 Å². The smallest absolute Gasteiger partial charge is 0.0760 e. The molecule has 0 aliphatic carbocycles. The molecule has 1 saturated heterocycles. The summed E-state index contributed by atoms with van der Waals surface area (Å²) in [5.41, 5.74) is 7.71. The van der Waals surface area contributed by atoms with Gasteiger partial charge in [-0.2, -0.15) is 0 Å². The Kier molecular flexibility index (Phi) is 3.96. The van der Waals surface area contributed by atoms with Crippen LogP contribution in [0.3, 0.4) is 0 Å². The molecule has 1 aromatic carbocycles. The minimum absolute atomic E-state index is 0.112. The largest absolute Gasteiger partial charge is 0.399 e. The third-order valence-corrected chi connectivity index (χ3v) is 3.61. The molecule has 0 radical (unpaired) electrons. The number of anilines is 1. The summed E-state index contributed by atoms with van der Waals surface area (Å²) in [4.78, 5) is 2.44. The summed E-state index contributed by atoms with van der Waals surface area (Å²) < 4.78 is 7.14. The number of ether oxygens (including phenoxy) is 1. The highest BCUT2D eigenvalue weighted by atomic mass is 79.9. The van der Waals surface area contributed by atoms with Gasteiger partial charge in [0.2, 0.25) is 0 Å². The predicted octanol–water partition coefficient (Wildman–Crippen LogP) is 3.42. The molecule has 4 heteroatoms.